The van der Waals surface area contributed by atoms with E-state index in [1.807, 2.05) is 42.2 Å². The van der Waals surface area contributed by atoms with E-state index in [9.17, 15) is 53.4 Å². The molecule has 7 aliphatic rings. The van der Waals surface area contributed by atoms with Gasteiger partial charge in [0.1, 0.15) is 24.5 Å². The number of para-hydroxylation sites is 1. The van der Waals surface area contributed by atoms with Crippen LogP contribution in [0.4, 0.5) is 26.2 Å². The van der Waals surface area contributed by atoms with Crippen LogP contribution in [0.1, 0.15) is 162 Å². The number of nitrogens with two attached hydrogens (primary N) is 1. The normalized spacial score (nSPS) is 21.7. The Balaban J connectivity index is 0.672. The molecule has 3 aromatic heterocycles. The minimum Gasteiger partial charge on any atom is -0.480 e. The Labute approximate surface area is 627 Å². The number of ether oxygens (including phenoxy) is 2. The molecule has 4 aliphatic carbocycles. The minimum atomic E-state index is -1.12. The van der Waals surface area contributed by atoms with Crippen LogP contribution in [0.2, 0.25) is 0 Å². The monoisotopic (exact) mass is 1480 g/mol. The number of aliphatic carboxylic acids is 1. The first kappa shape index (κ1) is 76.8. The number of carbonyl (C=O) groups is 9. The summed E-state index contributed by atoms with van der Waals surface area (Å²) >= 11 is 1.63. The van der Waals surface area contributed by atoms with Gasteiger partial charge in [0.05, 0.1) is 35.2 Å². The number of carboxylic acids is 2. The predicted molar refractivity (Wildman–Crippen MR) is 404 cm³/mol. The Kier molecular flexibility index (Phi) is 23.8. The van der Waals surface area contributed by atoms with Crippen molar-refractivity contribution in [3.05, 3.63) is 131 Å². The number of nitrogens with one attached hydrogen (secondary N) is 5. The molecule has 3 aromatic carbocycles. The number of carboxylic acid groups (broad SMARTS) is 2. The average molecular weight is 1490 g/mol. The molecule has 107 heavy (non-hydrogen) atoms. The minimum absolute atomic E-state index is 0.0275. The second-order valence-corrected chi connectivity index (χ2v) is 32.4. The number of urea groups is 1. The number of imide groups is 1. The molecule has 8 amide bonds. The molecule has 0 radical (unpaired) electrons. The molecule has 9 N–H and O–H groups in total. The van der Waals surface area contributed by atoms with E-state index in [2.05, 4.69) is 74.3 Å². The summed E-state index contributed by atoms with van der Waals surface area (Å²) in [4.78, 5) is 132. The fraction of sp³-hybridized carbons (Fsp3) is 0.519. The molecule has 4 atom stereocenters. The summed E-state index contributed by atoms with van der Waals surface area (Å²) in [5, 5.41) is 41.0. The van der Waals surface area contributed by atoms with Crippen molar-refractivity contribution in [1.82, 2.24) is 50.4 Å². The third-order valence-electron chi connectivity index (χ3n) is 22.3. The number of nitrogens with zero attached hydrogens (tertiary/aromatic N) is 8. The SMILES string of the molecule is Cc1c(-c2ccc(N3CCc4cccc(CNc5nc6ccccc6s5)c4C3)nc2C(=O)O)cnn1CC12CC3(C)CC(C)(C1)CC(OCCN(C(=O)OCc1ccc(NC(=O)[C@H](CCCCNC(N)=O)NC(=O)[C@@H](NC(=O)CCCCCN4C(=O)C=CC4=O)C(C)C)cc1)C1CCN(CC(=O)O)CC1)(C3)C2. The lowest BCUT2D eigenvalue weighted by Crippen LogP contribution is -2.64. The zero-order valence-electron chi connectivity index (χ0n) is 61.8. The van der Waals surface area contributed by atoms with E-state index in [1.165, 1.54) is 23.3 Å². The zero-order valence-corrected chi connectivity index (χ0v) is 62.6. The number of anilines is 3. The Morgan fingerprint density at radius 3 is 2.25 bits per heavy atom. The summed E-state index contributed by atoms with van der Waals surface area (Å²) in [6.07, 6.45) is 13.8. The maximum atomic E-state index is 14.5. The van der Waals surface area contributed by atoms with Gasteiger partial charge in [-0.05, 0) is 178 Å². The van der Waals surface area contributed by atoms with Gasteiger partial charge in [-0.2, -0.15) is 5.10 Å². The molecule has 570 valence electrons. The van der Waals surface area contributed by atoms with E-state index < -0.39 is 53.6 Å². The smallest absolute Gasteiger partial charge is 0.410 e. The van der Waals surface area contributed by atoms with Crippen LogP contribution < -0.4 is 37.2 Å². The third kappa shape index (κ3) is 18.8. The van der Waals surface area contributed by atoms with Crippen LogP contribution in [0.5, 0.6) is 0 Å². The first-order valence-electron chi connectivity index (χ1n) is 37.5. The van der Waals surface area contributed by atoms with Crippen molar-refractivity contribution >= 4 is 91.8 Å². The van der Waals surface area contributed by atoms with Gasteiger partial charge < -0.3 is 61.8 Å². The number of benzene rings is 3. The molecule has 28 heteroatoms. The molecular formula is C79H100N14O13S. The average Bonchev–Trinajstić information content (AvgIpc) is 1.28. The summed E-state index contributed by atoms with van der Waals surface area (Å²) < 4.78 is 16.5. The first-order chi connectivity index (χ1) is 51.2. The summed E-state index contributed by atoms with van der Waals surface area (Å²) in [6, 6.07) is 22.1. The fourth-order valence-corrected chi connectivity index (χ4v) is 19.2. The fourth-order valence-electron chi connectivity index (χ4n) is 18.4. The van der Waals surface area contributed by atoms with Gasteiger partial charge in [0.2, 0.25) is 17.7 Å². The van der Waals surface area contributed by atoms with E-state index in [-0.39, 0.29) is 104 Å². The Morgan fingerprint density at radius 2 is 1.54 bits per heavy atom. The van der Waals surface area contributed by atoms with Crippen molar-refractivity contribution in [2.75, 3.05) is 68.0 Å². The number of rotatable bonds is 34. The molecule has 0 spiro atoms. The highest BCUT2D eigenvalue weighted by Gasteiger charge is 2.66. The number of pyridine rings is 1. The summed E-state index contributed by atoms with van der Waals surface area (Å²) in [5.41, 5.74) is 12.2. The van der Waals surface area contributed by atoms with Crippen LogP contribution in [0.15, 0.2) is 97.2 Å². The molecule has 3 aliphatic heterocycles. The third-order valence-corrected chi connectivity index (χ3v) is 23.2. The van der Waals surface area contributed by atoms with Crippen molar-refractivity contribution in [2.24, 2.45) is 27.9 Å². The molecule has 27 nitrogen and oxygen atoms in total. The second-order valence-electron chi connectivity index (χ2n) is 31.4. The summed E-state index contributed by atoms with van der Waals surface area (Å²) in [6.45, 7) is 14.6. The lowest BCUT2D eigenvalue weighted by molar-refractivity contribution is -0.249. The van der Waals surface area contributed by atoms with Gasteiger partial charge in [-0.1, -0.05) is 87.9 Å². The number of amides is 8. The van der Waals surface area contributed by atoms with E-state index in [1.54, 1.807) is 60.5 Å². The van der Waals surface area contributed by atoms with Crippen molar-refractivity contribution < 1.29 is 62.8 Å². The number of primary amides is 1. The standard InChI is InChI=1S/C79H100N14O13S/c1-50(2)68(88-64(94)19-7-6-12-32-92-65(95)26-27-66(92)96)71(100)85-61(17-10-11-31-81-73(80)103)70(99)84-55-22-20-52(21-23-55)42-105-75(104)91(56-29-33-89(34-30-56)41-67(97)98)36-37-106-79-46-76(4)43-77(5,47-79)45-78(44-76,48-79)49-93-51(3)58(39-83-93)57-24-25-63(87-69(57)72(101)102)90-35-28-53-14-13-15-54(59(53)40-90)38-82-74-86-60-16-8-9-18-62(60)107-74/h8-9,13-16,18,20-27,39,50,56,61,68H,6-7,10-12,17,19,28-38,40-49H2,1-5H3,(H,82,86)(H,84,99)(H,85,100)(H,88,94)(H,97,98)(H,101,102)(H3,80,81,103)/t61-,68-,76?,77?,78?,79?/m0/s1. The predicted octanol–water partition coefficient (Wildman–Crippen LogP) is 9.95. The van der Waals surface area contributed by atoms with Gasteiger partial charge in [0.25, 0.3) is 11.8 Å². The zero-order chi connectivity index (χ0) is 75.8. The number of hydrogen-bond acceptors (Lipinski definition) is 18. The molecular weight excluding hydrogens is 1390 g/mol. The van der Waals surface area contributed by atoms with Crippen LogP contribution in [-0.4, -0.2) is 174 Å². The Bertz CT molecular complexity index is 4270. The van der Waals surface area contributed by atoms with E-state index in [4.69, 9.17) is 30.3 Å². The van der Waals surface area contributed by atoms with Gasteiger partial charge in [0, 0.05) is 106 Å². The van der Waals surface area contributed by atoms with Crippen molar-refractivity contribution in [2.45, 2.75) is 187 Å². The molecule has 5 fully saturated rings. The molecule has 6 aromatic rings. The lowest BCUT2D eigenvalue weighted by Gasteiger charge is -2.69. The quantitative estimate of drug-likeness (QED) is 0.0137. The molecule has 4 saturated carbocycles. The largest absolute Gasteiger partial charge is 0.480 e. The number of likely N-dealkylation sites (tertiary alicyclic amines) is 1. The number of piperidine rings is 1. The number of unbranched alkanes of at least 4 members (excludes halogenated alkanes) is 3. The van der Waals surface area contributed by atoms with Crippen molar-refractivity contribution in [3.63, 3.8) is 0 Å². The van der Waals surface area contributed by atoms with Crippen LogP contribution in [-0.2, 0) is 70.9 Å². The van der Waals surface area contributed by atoms with E-state index in [0.717, 1.165) is 82.0 Å². The molecule has 13 rings (SSSR count). The molecule has 4 bridgehead atoms. The molecule has 2 unspecified atom stereocenters. The highest BCUT2D eigenvalue weighted by Crippen LogP contribution is 2.72. The summed E-state index contributed by atoms with van der Waals surface area (Å²) in [7, 11) is 0. The molecule has 1 saturated heterocycles. The van der Waals surface area contributed by atoms with E-state index in [0.29, 0.717) is 107 Å². The van der Waals surface area contributed by atoms with Gasteiger partial charge in [0.15, 0.2) is 10.8 Å². The van der Waals surface area contributed by atoms with Crippen molar-refractivity contribution in [1.29, 1.82) is 0 Å². The Morgan fingerprint density at radius 1 is 0.794 bits per heavy atom. The number of hydrogen-bond donors (Lipinski definition) is 8. The van der Waals surface area contributed by atoms with Gasteiger partial charge in [-0.3, -0.25) is 43.2 Å². The van der Waals surface area contributed by atoms with Crippen molar-refractivity contribution in [3.8, 4) is 11.1 Å². The van der Waals surface area contributed by atoms with Gasteiger partial charge >= 0.3 is 24.1 Å². The number of thiazole rings is 1. The highest BCUT2D eigenvalue weighted by atomic mass is 32.1. The van der Waals surface area contributed by atoms with Gasteiger partial charge in [-0.25, -0.2) is 24.4 Å². The van der Waals surface area contributed by atoms with Gasteiger partial charge in [-0.15, -0.1) is 0 Å². The maximum absolute atomic E-state index is 14.5. The number of aromatic nitrogens is 4. The highest BCUT2D eigenvalue weighted by molar-refractivity contribution is 7.22. The van der Waals surface area contributed by atoms with Crippen LogP contribution in [0.25, 0.3) is 21.3 Å². The number of carbonyl (C=O) groups excluding carboxylic acids is 7. The number of aromatic carboxylic acids is 1. The first-order valence-corrected chi connectivity index (χ1v) is 38.3. The number of fused-ring (bicyclic) bond motifs is 2. The summed E-state index contributed by atoms with van der Waals surface area (Å²) in [5.74, 6) is -3.94. The van der Waals surface area contributed by atoms with E-state index >= 15 is 0 Å². The second kappa shape index (κ2) is 33.1. The van der Waals surface area contributed by atoms with Crippen LogP contribution >= 0.6 is 11.3 Å². The maximum Gasteiger partial charge on any atom is 0.410 e. The lowest BCUT2D eigenvalue weighted by atomic mass is 9.39. The molecule has 6 heterocycles. The Hall–Kier alpha value is -9.80. The topological polar surface area (TPSA) is 355 Å². The van der Waals surface area contributed by atoms with Crippen LogP contribution in [0, 0.1) is 29.1 Å². The van der Waals surface area contributed by atoms with Crippen LogP contribution in [0.3, 0.4) is 0 Å².